The van der Waals surface area contributed by atoms with Crippen LogP contribution in [-0.4, -0.2) is 52.9 Å². The van der Waals surface area contributed by atoms with Crippen LogP contribution in [0, 0.1) is 0 Å². The van der Waals surface area contributed by atoms with Gasteiger partial charge in [-0.1, -0.05) is 12.1 Å². The van der Waals surface area contributed by atoms with Crippen molar-refractivity contribution in [3.05, 3.63) is 53.6 Å². The molecule has 8 nitrogen and oxygen atoms in total. The van der Waals surface area contributed by atoms with Crippen molar-refractivity contribution < 1.29 is 27.8 Å². The minimum Gasteiger partial charge on any atom is -0.497 e. The third kappa shape index (κ3) is 7.01. The highest BCUT2D eigenvalue weighted by atomic mass is 32.2. The Morgan fingerprint density at radius 1 is 1.10 bits per heavy atom. The van der Waals surface area contributed by atoms with Crippen molar-refractivity contribution >= 4 is 21.7 Å². The van der Waals surface area contributed by atoms with E-state index < -0.39 is 16.0 Å². The number of hydrogen-bond acceptors (Lipinski definition) is 6. The Bertz CT molecular complexity index is 929. The van der Waals surface area contributed by atoms with Crippen LogP contribution in [0.15, 0.2) is 47.4 Å². The van der Waals surface area contributed by atoms with E-state index in [9.17, 15) is 18.3 Å². The van der Waals surface area contributed by atoms with Crippen LogP contribution in [0.1, 0.15) is 29.3 Å². The molecule has 164 valence electrons. The van der Waals surface area contributed by atoms with Gasteiger partial charge in [0.15, 0.2) is 0 Å². The van der Waals surface area contributed by atoms with Gasteiger partial charge in [-0.05, 0) is 55.7 Å². The molecule has 0 heterocycles. The number of hydrogen-bond donors (Lipinski definition) is 3. The molecule has 0 aliphatic heterocycles. The summed E-state index contributed by atoms with van der Waals surface area (Å²) in [7, 11) is -2.33. The number of anilines is 1. The topological polar surface area (TPSA) is 114 Å². The fraction of sp³-hybridized carbons (Fsp3) is 0.381. The first-order chi connectivity index (χ1) is 14.4. The molecular weight excluding hydrogens is 408 g/mol. The lowest BCUT2D eigenvalue weighted by Crippen LogP contribution is -2.27. The highest BCUT2D eigenvalue weighted by molar-refractivity contribution is 7.89. The van der Waals surface area contributed by atoms with Crippen molar-refractivity contribution in [2.24, 2.45) is 0 Å². The smallest absolute Gasteiger partial charge is 0.335 e. The summed E-state index contributed by atoms with van der Waals surface area (Å²) in [5, 5.41) is 12.3. The first kappa shape index (κ1) is 23.7. The molecule has 0 aliphatic carbocycles. The van der Waals surface area contributed by atoms with Crippen molar-refractivity contribution in [2.45, 2.75) is 24.7 Å². The summed E-state index contributed by atoms with van der Waals surface area (Å²) in [6.45, 7) is 3.75. The second kappa shape index (κ2) is 11.5. The van der Waals surface area contributed by atoms with E-state index >= 15 is 0 Å². The van der Waals surface area contributed by atoms with Gasteiger partial charge in [-0.25, -0.2) is 17.9 Å². The van der Waals surface area contributed by atoms with Gasteiger partial charge in [0.05, 0.1) is 18.4 Å². The summed E-state index contributed by atoms with van der Waals surface area (Å²) in [6.07, 6.45) is 1.18. The Hall–Kier alpha value is -2.62. The van der Waals surface area contributed by atoms with Crippen LogP contribution >= 0.6 is 0 Å². The molecular formula is C21H28N2O6S. The lowest BCUT2D eigenvalue weighted by molar-refractivity contribution is 0.0696. The average molecular weight is 437 g/mol. The maximum absolute atomic E-state index is 12.9. The average Bonchev–Trinajstić information content (AvgIpc) is 2.74. The summed E-state index contributed by atoms with van der Waals surface area (Å²) in [4.78, 5) is 11.2. The molecule has 0 aliphatic rings. The van der Waals surface area contributed by atoms with E-state index in [1.54, 1.807) is 7.11 Å². The molecule has 0 bridgehead atoms. The number of nitrogens with one attached hydrogen (secondary N) is 2. The normalized spacial score (nSPS) is 11.3. The predicted octanol–water partition coefficient (Wildman–Crippen LogP) is 2.75. The Balaban J connectivity index is 2.09. The largest absolute Gasteiger partial charge is 0.497 e. The Morgan fingerprint density at radius 3 is 2.47 bits per heavy atom. The zero-order chi connectivity index (χ0) is 22.0. The van der Waals surface area contributed by atoms with Crippen molar-refractivity contribution in [1.82, 2.24) is 4.72 Å². The summed E-state index contributed by atoms with van der Waals surface area (Å²) in [5.74, 6) is -0.461. The van der Waals surface area contributed by atoms with Crippen molar-refractivity contribution in [3.63, 3.8) is 0 Å². The number of sulfonamides is 1. The number of ether oxygens (including phenoxy) is 2. The van der Waals surface area contributed by atoms with Crippen LogP contribution in [0.4, 0.5) is 5.69 Å². The zero-order valence-corrected chi connectivity index (χ0v) is 18.0. The molecule has 2 aromatic carbocycles. The highest BCUT2D eigenvalue weighted by Crippen LogP contribution is 2.23. The van der Waals surface area contributed by atoms with Gasteiger partial charge < -0.3 is 19.9 Å². The van der Waals surface area contributed by atoms with E-state index in [0.29, 0.717) is 38.3 Å². The standard InChI is InChI=1S/C21H28N2O6S/c1-3-29-14-4-12-22-19-10-7-17(21(24)25)15-20(19)30(26,27)23-13-11-16-5-8-18(28-2)9-6-16/h5-10,15,22-23H,3-4,11-14H2,1-2H3,(H,24,25). The predicted molar refractivity (Wildman–Crippen MR) is 115 cm³/mol. The lowest BCUT2D eigenvalue weighted by Gasteiger charge is -2.14. The molecule has 0 unspecified atom stereocenters. The van der Waals surface area contributed by atoms with Crippen molar-refractivity contribution in [1.29, 1.82) is 0 Å². The molecule has 0 aromatic heterocycles. The number of carbonyl (C=O) groups is 1. The van der Waals surface area contributed by atoms with Crippen LogP contribution < -0.4 is 14.8 Å². The van der Waals surface area contributed by atoms with Gasteiger partial charge >= 0.3 is 5.97 Å². The Kier molecular flexibility index (Phi) is 9.10. The molecule has 0 atom stereocenters. The number of methoxy groups -OCH3 is 1. The van der Waals surface area contributed by atoms with E-state index in [1.165, 1.54) is 18.2 Å². The fourth-order valence-electron chi connectivity index (χ4n) is 2.77. The van der Waals surface area contributed by atoms with Crippen LogP contribution in [-0.2, 0) is 21.2 Å². The number of benzene rings is 2. The maximum Gasteiger partial charge on any atom is 0.335 e. The Labute approximate surface area is 177 Å². The quantitative estimate of drug-likeness (QED) is 0.414. The maximum atomic E-state index is 12.9. The molecule has 0 fully saturated rings. The van der Waals surface area contributed by atoms with Gasteiger partial charge in [0.2, 0.25) is 10.0 Å². The van der Waals surface area contributed by atoms with Crippen LogP contribution in [0.25, 0.3) is 0 Å². The molecule has 0 spiro atoms. The van der Waals surface area contributed by atoms with E-state index in [4.69, 9.17) is 9.47 Å². The Morgan fingerprint density at radius 2 is 1.83 bits per heavy atom. The highest BCUT2D eigenvalue weighted by Gasteiger charge is 2.20. The number of carboxylic acid groups (broad SMARTS) is 1. The number of rotatable bonds is 13. The van der Waals surface area contributed by atoms with E-state index in [-0.39, 0.29) is 17.0 Å². The molecule has 0 radical (unpaired) electrons. The molecule has 0 amide bonds. The van der Waals surface area contributed by atoms with Gasteiger partial charge in [0, 0.05) is 26.3 Å². The van der Waals surface area contributed by atoms with Crippen LogP contribution in [0.3, 0.4) is 0 Å². The molecule has 0 saturated carbocycles. The monoisotopic (exact) mass is 436 g/mol. The van der Waals surface area contributed by atoms with E-state index in [2.05, 4.69) is 10.0 Å². The van der Waals surface area contributed by atoms with Gasteiger partial charge in [-0.2, -0.15) is 0 Å². The molecule has 2 rings (SSSR count). The minimum atomic E-state index is -3.91. The van der Waals surface area contributed by atoms with Gasteiger partial charge in [0.25, 0.3) is 0 Å². The third-order valence-corrected chi connectivity index (χ3v) is 5.87. The zero-order valence-electron chi connectivity index (χ0n) is 17.2. The van der Waals surface area contributed by atoms with E-state index in [1.807, 2.05) is 31.2 Å². The van der Waals surface area contributed by atoms with Crippen molar-refractivity contribution in [3.8, 4) is 5.75 Å². The molecule has 0 saturated heterocycles. The van der Waals surface area contributed by atoms with Crippen LogP contribution in [0.5, 0.6) is 5.75 Å². The summed E-state index contributed by atoms with van der Waals surface area (Å²) >= 11 is 0. The molecule has 3 N–H and O–H groups in total. The lowest BCUT2D eigenvalue weighted by atomic mass is 10.1. The number of aromatic carboxylic acids is 1. The van der Waals surface area contributed by atoms with Gasteiger partial charge in [-0.15, -0.1) is 0 Å². The third-order valence-electron chi connectivity index (χ3n) is 4.37. The second-order valence-corrected chi connectivity index (χ2v) is 8.22. The minimum absolute atomic E-state index is 0.0893. The van der Waals surface area contributed by atoms with E-state index in [0.717, 1.165) is 11.3 Å². The number of carboxylic acids is 1. The summed E-state index contributed by atoms with van der Waals surface area (Å²) in [5.41, 5.74) is 1.21. The molecule has 9 heteroatoms. The molecule has 30 heavy (non-hydrogen) atoms. The molecule has 2 aromatic rings. The van der Waals surface area contributed by atoms with Gasteiger partial charge in [0.1, 0.15) is 10.6 Å². The van der Waals surface area contributed by atoms with Crippen LogP contribution in [0.2, 0.25) is 0 Å². The fourth-order valence-corrected chi connectivity index (χ4v) is 4.00. The van der Waals surface area contributed by atoms with Gasteiger partial charge in [-0.3, -0.25) is 0 Å². The first-order valence-electron chi connectivity index (χ1n) is 9.69. The van der Waals surface area contributed by atoms with Crippen molar-refractivity contribution in [2.75, 3.05) is 38.7 Å². The summed E-state index contributed by atoms with van der Waals surface area (Å²) in [6, 6.07) is 11.4. The SMILES string of the molecule is CCOCCCNc1ccc(C(=O)O)cc1S(=O)(=O)NCCc1ccc(OC)cc1. The summed E-state index contributed by atoms with van der Waals surface area (Å²) < 4.78 is 38.7. The first-order valence-corrected chi connectivity index (χ1v) is 11.2. The second-order valence-electron chi connectivity index (χ2n) is 6.49.